The van der Waals surface area contributed by atoms with Crippen molar-refractivity contribution in [2.45, 2.75) is 71.7 Å². The van der Waals surface area contributed by atoms with Gasteiger partial charge in [0, 0.05) is 64.4 Å². The van der Waals surface area contributed by atoms with Crippen molar-refractivity contribution in [1.29, 1.82) is 0 Å². The summed E-state index contributed by atoms with van der Waals surface area (Å²) < 4.78 is 36.1. The fourth-order valence-corrected chi connectivity index (χ4v) is 7.45. The molecule has 14 nitrogen and oxygen atoms in total. The molecule has 0 bridgehead atoms. The summed E-state index contributed by atoms with van der Waals surface area (Å²) in [5, 5.41) is 20.0. The number of carbonyl (C=O) groups excluding carboxylic acids is 5. The summed E-state index contributed by atoms with van der Waals surface area (Å²) in [6.45, 7) is 13.7. The quantitative estimate of drug-likeness (QED) is 0.0583. The average molecular weight is 875 g/mol. The number of amides is 3. The minimum Gasteiger partial charge on any atom is -0.468 e. The number of imidazole rings is 1. The van der Waals surface area contributed by atoms with Crippen molar-refractivity contribution < 1.29 is 47.7 Å². The summed E-state index contributed by atoms with van der Waals surface area (Å²) in [5.41, 5.74) is 0.477. The Balaban J connectivity index is 0.000000535. The third-order valence-corrected chi connectivity index (χ3v) is 11.0. The standard InChI is InChI=1S/C31H38F2N4O4.C10H16N2O3S.C2H6.CH4O/c1-21-14-34-15-23(21)17-37(28(40)19-38)29(31(2,3)11-12-41-20-39)30-35-27(25-13-24(32)9-10-26(25)33)18-36(30)16-22-7-5-4-6-8-22;1-11(3-2-6-13)4-5-12-9(14)7-8(16)10(12)15;2*1-2/h4-10,13,18,20-21,23,29,34,38H,11-12,14-17,19H2,1-3H3;6,8,16H,2-5,7H2,1H3;1-2H3;2H,1H3/t21-,23-,29-;;;/m0.../s1. The number of aliphatic hydroxyl groups excluding tert-OH is 2. The first-order chi connectivity index (χ1) is 29.2. The van der Waals surface area contributed by atoms with E-state index in [-0.39, 0.29) is 42.0 Å². The van der Waals surface area contributed by atoms with Crippen LogP contribution in [0.2, 0.25) is 0 Å². The average Bonchev–Trinajstić information content (AvgIpc) is 3.93. The smallest absolute Gasteiger partial charge is 0.293 e. The zero-order chi connectivity index (χ0) is 45.7. The number of thiol groups is 1. The summed E-state index contributed by atoms with van der Waals surface area (Å²) in [6, 6.07) is 12.2. The number of likely N-dealkylation sites (tertiary alicyclic amines) is 1. The second kappa shape index (κ2) is 26.7. The second-order valence-corrected chi connectivity index (χ2v) is 15.9. The molecule has 3 aromatic rings. The van der Waals surface area contributed by atoms with Gasteiger partial charge in [-0.2, -0.15) is 12.6 Å². The Kier molecular flexibility index (Phi) is 23.0. The molecule has 2 aromatic carbocycles. The van der Waals surface area contributed by atoms with Crippen LogP contribution < -0.4 is 5.32 Å². The zero-order valence-electron chi connectivity index (χ0n) is 36.4. The molecule has 1 aromatic heterocycles. The van der Waals surface area contributed by atoms with E-state index in [0.29, 0.717) is 63.8 Å². The molecule has 0 saturated carbocycles. The first-order valence-corrected chi connectivity index (χ1v) is 21.0. The maximum atomic E-state index is 14.9. The molecule has 2 aliphatic heterocycles. The highest BCUT2D eigenvalue weighted by molar-refractivity contribution is 7.81. The highest BCUT2D eigenvalue weighted by atomic mass is 32.1. The molecule has 2 saturated heterocycles. The van der Waals surface area contributed by atoms with Crippen LogP contribution in [0.1, 0.15) is 71.3 Å². The van der Waals surface area contributed by atoms with Gasteiger partial charge in [0.1, 0.15) is 30.4 Å². The number of rotatable bonds is 19. The molecule has 2 aliphatic rings. The molecule has 3 N–H and O–H groups in total. The molecule has 0 radical (unpaired) electrons. The maximum absolute atomic E-state index is 14.9. The lowest BCUT2D eigenvalue weighted by molar-refractivity contribution is -0.142. The number of imide groups is 1. The van der Waals surface area contributed by atoms with Gasteiger partial charge in [-0.25, -0.2) is 13.8 Å². The topological polar surface area (TPSA) is 175 Å². The van der Waals surface area contributed by atoms with E-state index in [1.165, 1.54) is 4.90 Å². The normalized spacial score (nSPS) is 17.7. The third-order valence-electron chi connectivity index (χ3n) is 10.6. The van der Waals surface area contributed by atoms with Gasteiger partial charge in [-0.3, -0.25) is 24.1 Å². The Labute approximate surface area is 364 Å². The predicted molar refractivity (Wildman–Crippen MR) is 232 cm³/mol. The fourth-order valence-electron chi connectivity index (χ4n) is 7.16. The van der Waals surface area contributed by atoms with Crippen LogP contribution in [0.15, 0.2) is 54.7 Å². The highest BCUT2D eigenvalue weighted by Gasteiger charge is 2.43. The first kappa shape index (κ1) is 52.6. The SMILES string of the molecule is CC.CN(CCC=O)CCN1C(=O)CC(S)C1=O.CO.C[C@H]1CNC[C@H]1CN(C(=O)CO)[C@@H](c1nc(-c2cc(F)ccc2F)cn1Cc1ccccc1)C(C)(C)CCOC=O. The molecule has 0 spiro atoms. The zero-order valence-corrected chi connectivity index (χ0v) is 37.3. The van der Waals surface area contributed by atoms with Gasteiger partial charge in [0.05, 0.1) is 23.6 Å². The second-order valence-electron chi connectivity index (χ2n) is 15.3. The van der Waals surface area contributed by atoms with Crippen LogP contribution in [0.3, 0.4) is 0 Å². The van der Waals surface area contributed by atoms with Gasteiger partial charge in [0.2, 0.25) is 17.7 Å². The molecule has 3 heterocycles. The molecule has 3 amide bonds. The lowest BCUT2D eigenvalue weighted by Crippen LogP contribution is -2.47. The van der Waals surface area contributed by atoms with E-state index in [9.17, 15) is 37.9 Å². The first-order valence-electron chi connectivity index (χ1n) is 20.5. The van der Waals surface area contributed by atoms with Crippen molar-refractivity contribution >= 4 is 43.1 Å². The Morgan fingerprint density at radius 3 is 2.36 bits per heavy atom. The molecular weight excluding hydrogens is 811 g/mol. The van der Waals surface area contributed by atoms with Crippen LogP contribution in [0.4, 0.5) is 8.78 Å². The predicted octanol–water partition coefficient (Wildman–Crippen LogP) is 4.38. The van der Waals surface area contributed by atoms with Gasteiger partial charge >= 0.3 is 0 Å². The number of nitrogens with one attached hydrogen (secondary N) is 1. The molecule has 338 valence electrons. The molecule has 0 aliphatic carbocycles. The molecule has 1 unspecified atom stereocenters. The number of ether oxygens (including phenoxy) is 1. The minimum atomic E-state index is -0.708. The van der Waals surface area contributed by atoms with Crippen molar-refractivity contribution in [2.75, 3.05) is 66.6 Å². The number of benzene rings is 2. The summed E-state index contributed by atoms with van der Waals surface area (Å²) in [5.74, 6) is -1.16. The van der Waals surface area contributed by atoms with Gasteiger partial charge in [-0.15, -0.1) is 0 Å². The monoisotopic (exact) mass is 874 g/mol. The van der Waals surface area contributed by atoms with Crippen LogP contribution in [0.25, 0.3) is 11.3 Å². The van der Waals surface area contributed by atoms with Crippen molar-refractivity contribution in [3.05, 3.63) is 77.8 Å². The van der Waals surface area contributed by atoms with Crippen LogP contribution >= 0.6 is 12.6 Å². The number of aldehydes is 1. The number of carbonyl (C=O) groups is 5. The van der Waals surface area contributed by atoms with Crippen LogP contribution in [0.5, 0.6) is 0 Å². The van der Waals surface area contributed by atoms with Crippen molar-refractivity contribution in [3.8, 4) is 11.3 Å². The van der Waals surface area contributed by atoms with Gasteiger partial charge in [-0.1, -0.05) is 65.0 Å². The number of aromatic nitrogens is 2. The van der Waals surface area contributed by atoms with E-state index < -0.39 is 40.9 Å². The van der Waals surface area contributed by atoms with E-state index >= 15 is 0 Å². The van der Waals surface area contributed by atoms with E-state index in [1.807, 2.05) is 74.5 Å². The molecule has 17 heteroatoms. The van der Waals surface area contributed by atoms with Gasteiger partial charge in [0.15, 0.2) is 0 Å². The summed E-state index contributed by atoms with van der Waals surface area (Å²) in [6.07, 6.45) is 3.57. The van der Waals surface area contributed by atoms with E-state index in [2.05, 4.69) is 24.9 Å². The lowest BCUT2D eigenvalue weighted by Gasteiger charge is -2.43. The van der Waals surface area contributed by atoms with Crippen LogP contribution in [-0.2, 0) is 35.3 Å². The maximum Gasteiger partial charge on any atom is 0.293 e. The molecule has 5 rings (SSSR count). The summed E-state index contributed by atoms with van der Waals surface area (Å²) in [7, 11) is 2.85. The van der Waals surface area contributed by atoms with E-state index in [1.54, 1.807) is 11.1 Å². The van der Waals surface area contributed by atoms with Crippen LogP contribution in [0, 0.1) is 28.9 Å². The Hall–Kier alpha value is -4.55. The fraction of sp³-hybridized carbons (Fsp3) is 0.545. The largest absolute Gasteiger partial charge is 0.468 e. The number of nitrogens with zero attached hydrogens (tertiary/aromatic N) is 5. The van der Waals surface area contributed by atoms with Crippen molar-refractivity contribution in [1.82, 2.24) is 29.6 Å². The number of likely N-dealkylation sites (N-methyl/N-ethyl adjacent to an activating group) is 1. The van der Waals surface area contributed by atoms with Crippen molar-refractivity contribution in [2.24, 2.45) is 17.3 Å². The number of hydrogen-bond acceptors (Lipinski definition) is 12. The molecule has 2 fully saturated rings. The van der Waals surface area contributed by atoms with Gasteiger partial charge in [-0.05, 0) is 67.6 Å². The lowest BCUT2D eigenvalue weighted by atomic mass is 9.79. The van der Waals surface area contributed by atoms with Crippen LogP contribution in [-0.4, -0.2) is 137 Å². The summed E-state index contributed by atoms with van der Waals surface area (Å²) in [4.78, 5) is 67.2. The molecule has 4 atom stereocenters. The van der Waals surface area contributed by atoms with Gasteiger partial charge in [0.25, 0.3) is 6.47 Å². The molecular formula is C44H64F2N6O8S. The number of aliphatic hydroxyl groups is 2. The Morgan fingerprint density at radius 2 is 1.79 bits per heavy atom. The highest BCUT2D eigenvalue weighted by Crippen LogP contribution is 2.43. The molecule has 61 heavy (non-hydrogen) atoms. The van der Waals surface area contributed by atoms with Crippen molar-refractivity contribution in [3.63, 3.8) is 0 Å². The number of halogens is 2. The van der Waals surface area contributed by atoms with Gasteiger partial charge < -0.3 is 39.4 Å². The summed E-state index contributed by atoms with van der Waals surface area (Å²) >= 11 is 4.03. The Bertz CT molecular complexity index is 1830. The Morgan fingerprint density at radius 1 is 1.10 bits per heavy atom. The number of hydrogen-bond donors (Lipinski definition) is 4. The minimum absolute atomic E-state index is 0.00700. The van der Waals surface area contributed by atoms with E-state index in [4.69, 9.17) is 14.8 Å². The van der Waals surface area contributed by atoms with E-state index in [0.717, 1.165) is 50.2 Å². The third kappa shape index (κ3) is 15.4.